The number of hydrogen-bond donors (Lipinski definition) is 0. The molecule has 170 valence electrons. The zero-order valence-electron chi connectivity index (χ0n) is 17.3. The summed E-state index contributed by atoms with van der Waals surface area (Å²) < 4.78 is 69.0. The van der Waals surface area contributed by atoms with Gasteiger partial charge in [0.2, 0.25) is 0 Å². The summed E-state index contributed by atoms with van der Waals surface area (Å²) in [4.78, 5) is 8.75. The van der Waals surface area contributed by atoms with Gasteiger partial charge in [0.15, 0.2) is 5.82 Å². The van der Waals surface area contributed by atoms with Gasteiger partial charge in [0.05, 0.1) is 34.8 Å². The third-order valence-corrected chi connectivity index (χ3v) is 5.17. The van der Waals surface area contributed by atoms with E-state index in [9.17, 15) is 22.0 Å². The van der Waals surface area contributed by atoms with Crippen molar-refractivity contribution in [3.63, 3.8) is 0 Å². The van der Waals surface area contributed by atoms with Crippen molar-refractivity contribution in [3.8, 4) is 34.0 Å². The van der Waals surface area contributed by atoms with Gasteiger partial charge in [-0.25, -0.2) is 18.7 Å². The van der Waals surface area contributed by atoms with Crippen LogP contribution in [0.25, 0.3) is 34.0 Å². The Morgan fingerprint density at radius 2 is 1.56 bits per heavy atom. The van der Waals surface area contributed by atoms with E-state index in [1.54, 1.807) is 47.3 Å². The molecule has 0 fully saturated rings. The number of alkyl halides is 3. The highest BCUT2D eigenvalue weighted by Crippen LogP contribution is 2.36. The van der Waals surface area contributed by atoms with Crippen molar-refractivity contribution < 1.29 is 22.0 Å². The summed E-state index contributed by atoms with van der Waals surface area (Å²) >= 11 is 0. The molecule has 2 aliphatic heterocycles. The minimum absolute atomic E-state index is 0.0204. The van der Waals surface area contributed by atoms with E-state index < -0.39 is 23.4 Å². The van der Waals surface area contributed by atoms with Gasteiger partial charge in [-0.3, -0.25) is 0 Å². The van der Waals surface area contributed by atoms with Gasteiger partial charge in [-0.2, -0.15) is 23.4 Å². The lowest BCUT2D eigenvalue weighted by Gasteiger charge is -2.12. The molecular formula is C24H14F5N5. The van der Waals surface area contributed by atoms with E-state index in [2.05, 4.69) is 20.2 Å². The smallest absolute Gasteiger partial charge is 0.346 e. The van der Waals surface area contributed by atoms with Crippen LogP contribution in [0.5, 0.6) is 0 Å². The van der Waals surface area contributed by atoms with E-state index in [0.717, 1.165) is 12.1 Å². The molecule has 0 N–H and O–H groups in total. The number of benzene rings is 2. The minimum atomic E-state index is -4.73. The molecule has 34 heavy (non-hydrogen) atoms. The van der Waals surface area contributed by atoms with E-state index >= 15 is 0 Å². The first-order valence-corrected chi connectivity index (χ1v) is 10.1. The van der Waals surface area contributed by atoms with Gasteiger partial charge in [0.25, 0.3) is 0 Å². The average Bonchev–Trinajstić information content (AvgIpc) is 3.22. The molecule has 0 saturated heterocycles. The Morgan fingerprint density at radius 1 is 0.765 bits per heavy atom. The SMILES string of the molecule is Fc1ccc(-c2ccc(Cn3ccc4nc(-c5ccccc5F)nc-4c3)nn2)c(C(F)(F)F)c1. The number of pyridine rings is 1. The number of nitrogens with zero attached hydrogens (tertiary/aromatic N) is 5. The number of fused-ring (bicyclic) bond motifs is 1. The lowest BCUT2D eigenvalue weighted by molar-refractivity contribution is -0.137. The maximum atomic E-state index is 14.1. The van der Waals surface area contributed by atoms with Crippen LogP contribution in [0.1, 0.15) is 11.3 Å². The highest BCUT2D eigenvalue weighted by Gasteiger charge is 2.34. The lowest BCUT2D eigenvalue weighted by atomic mass is 10.0. The number of hydrogen-bond acceptors (Lipinski definition) is 4. The Balaban J connectivity index is 1.40. The predicted molar refractivity (Wildman–Crippen MR) is 114 cm³/mol. The third kappa shape index (κ3) is 4.21. The summed E-state index contributed by atoms with van der Waals surface area (Å²) in [6.07, 6.45) is -1.28. The van der Waals surface area contributed by atoms with Crippen molar-refractivity contribution >= 4 is 0 Å². The van der Waals surface area contributed by atoms with E-state index in [1.807, 2.05) is 0 Å². The van der Waals surface area contributed by atoms with Crippen molar-refractivity contribution in [2.24, 2.45) is 0 Å². The van der Waals surface area contributed by atoms with Gasteiger partial charge >= 0.3 is 6.18 Å². The fourth-order valence-electron chi connectivity index (χ4n) is 3.56. The summed E-state index contributed by atoms with van der Waals surface area (Å²) in [7, 11) is 0. The number of imidazole rings is 1. The summed E-state index contributed by atoms with van der Waals surface area (Å²) in [5, 5.41) is 7.93. The summed E-state index contributed by atoms with van der Waals surface area (Å²) in [6.45, 7) is 0.265. The van der Waals surface area contributed by atoms with Crippen molar-refractivity contribution in [1.29, 1.82) is 0 Å². The fourth-order valence-corrected chi connectivity index (χ4v) is 3.56. The van der Waals surface area contributed by atoms with Crippen LogP contribution in [0.4, 0.5) is 22.0 Å². The Kier molecular flexibility index (Phi) is 5.27. The first kappa shape index (κ1) is 21.6. The molecule has 5 nitrogen and oxygen atoms in total. The quantitative estimate of drug-likeness (QED) is 0.311. The van der Waals surface area contributed by atoms with Gasteiger partial charge < -0.3 is 4.57 Å². The van der Waals surface area contributed by atoms with Crippen LogP contribution in [0.15, 0.2) is 73.1 Å². The zero-order chi connectivity index (χ0) is 23.9. The molecule has 3 aromatic rings. The molecule has 0 atom stereocenters. The van der Waals surface area contributed by atoms with Crippen LogP contribution >= 0.6 is 0 Å². The van der Waals surface area contributed by atoms with E-state index in [1.165, 1.54) is 12.1 Å². The molecule has 2 aromatic carbocycles. The second-order valence-corrected chi connectivity index (χ2v) is 7.51. The van der Waals surface area contributed by atoms with E-state index in [0.29, 0.717) is 28.7 Å². The molecule has 1 aromatic heterocycles. The van der Waals surface area contributed by atoms with Gasteiger partial charge in [-0.1, -0.05) is 12.1 Å². The van der Waals surface area contributed by atoms with Crippen LogP contribution in [0.2, 0.25) is 0 Å². The second kappa shape index (κ2) is 8.29. The van der Waals surface area contributed by atoms with Crippen LogP contribution < -0.4 is 0 Å². The summed E-state index contributed by atoms with van der Waals surface area (Å²) in [6, 6.07) is 13.3. The first-order valence-electron chi connectivity index (χ1n) is 10.1. The van der Waals surface area contributed by atoms with Gasteiger partial charge in [0.1, 0.15) is 17.3 Å². The Bertz CT molecular complexity index is 1440. The number of halogens is 5. The minimum Gasteiger partial charge on any atom is -0.346 e. The van der Waals surface area contributed by atoms with Gasteiger partial charge in [-0.05, 0) is 48.5 Å². The van der Waals surface area contributed by atoms with Gasteiger partial charge in [-0.15, -0.1) is 0 Å². The molecule has 3 heterocycles. The molecule has 0 aliphatic carbocycles. The topological polar surface area (TPSA) is 56.5 Å². The molecular weight excluding hydrogens is 453 g/mol. The van der Waals surface area contributed by atoms with Crippen LogP contribution in [-0.4, -0.2) is 24.7 Å². The molecule has 0 spiro atoms. The molecule has 2 aliphatic rings. The Hall–Kier alpha value is -4.21. The predicted octanol–water partition coefficient (Wildman–Crippen LogP) is 5.85. The maximum absolute atomic E-state index is 14.1. The molecule has 0 unspecified atom stereocenters. The van der Waals surface area contributed by atoms with E-state index in [-0.39, 0.29) is 23.6 Å². The molecule has 10 heteroatoms. The Labute approximate surface area is 189 Å². The van der Waals surface area contributed by atoms with Crippen molar-refractivity contribution in [2.75, 3.05) is 0 Å². The largest absolute Gasteiger partial charge is 0.417 e. The fraction of sp³-hybridized carbons (Fsp3) is 0.0833. The standard InChI is InChI=1S/C24H14F5N5/c25-14-5-7-16(18(11-14)24(27,28)29)20-8-6-15(32-33-20)12-34-10-9-21-22(13-34)31-23(30-21)17-3-1-2-4-19(17)26/h1-11,13H,12H2. The third-order valence-electron chi connectivity index (χ3n) is 5.17. The van der Waals surface area contributed by atoms with E-state index in [4.69, 9.17) is 0 Å². The number of rotatable bonds is 4. The highest BCUT2D eigenvalue weighted by molar-refractivity contribution is 5.66. The average molecular weight is 467 g/mol. The van der Waals surface area contributed by atoms with Crippen LogP contribution in [-0.2, 0) is 12.7 Å². The second-order valence-electron chi connectivity index (χ2n) is 7.51. The number of aromatic nitrogens is 5. The van der Waals surface area contributed by atoms with Crippen molar-refractivity contribution in [3.05, 3.63) is 95.9 Å². The molecule has 0 amide bonds. The molecule has 0 bridgehead atoms. The highest BCUT2D eigenvalue weighted by atomic mass is 19.4. The van der Waals surface area contributed by atoms with Crippen LogP contribution in [0.3, 0.4) is 0 Å². The molecule has 0 saturated carbocycles. The lowest BCUT2D eigenvalue weighted by Crippen LogP contribution is -2.09. The molecule has 0 radical (unpaired) electrons. The summed E-state index contributed by atoms with van der Waals surface area (Å²) in [5.74, 6) is -1.13. The van der Waals surface area contributed by atoms with Crippen molar-refractivity contribution in [2.45, 2.75) is 12.7 Å². The van der Waals surface area contributed by atoms with Crippen LogP contribution in [0, 0.1) is 11.6 Å². The summed E-state index contributed by atoms with van der Waals surface area (Å²) in [5.41, 5.74) is 0.527. The van der Waals surface area contributed by atoms with Crippen molar-refractivity contribution in [1.82, 2.24) is 24.7 Å². The van der Waals surface area contributed by atoms with Gasteiger partial charge in [0, 0.05) is 18.0 Å². The first-order chi connectivity index (χ1) is 16.3. The molecule has 5 rings (SSSR count). The maximum Gasteiger partial charge on any atom is 0.417 e. The zero-order valence-corrected chi connectivity index (χ0v) is 17.3. The normalized spacial score (nSPS) is 11.8. The monoisotopic (exact) mass is 467 g/mol. The Morgan fingerprint density at radius 3 is 2.29 bits per heavy atom.